The Bertz CT molecular complexity index is 3410. The Balaban J connectivity index is 1.25. The number of fused-ring (bicyclic) bond motifs is 1. The number of aromatic nitrogens is 3. The minimum atomic E-state index is 0.00610. The molecule has 10 rings (SSSR count). The zero-order chi connectivity index (χ0) is 45.7. The van der Waals surface area contributed by atoms with Gasteiger partial charge in [-0.15, -0.1) is 0 Å². The molecule has 4 heteroatoms. The number of aromatic hydroxyl groups is 1. The lowest BCUT2D eigenvalue weighted by atomic mass is 9.85. The number of imidazole rings is 1. The summed E-state index contributed by atoms with van der Waals surface area (Å²) < 4.78 is 2.27. The van der Waals surface area contributed by atoms with Gasteiger partial charge in [0.1, 0.15) is 11.6 Å². The van der Waals surface area contributed by atoms with Crippen molar-refractivity contribution >= 4 is 11.0 Å². The second-order valence-electron chi connectivity index (χ2n) is 18.8. The standard InChI is InChI=1S/C62H53N3O/c1-39-21-23-44(24-22-39)47-29-30-63-56(37-47)50-35-48(43-15-10-8-11-16-43)34-49(36-50)52-19-14-20-57-59(52)64-61(55-32-40(2)31-42(4)60(55)66)65(57)58-33-41(3)53(45-17-12-9-13-18-45)38-54(58)46-25-27-51(28-26-46)62(5,6)7/h8-38,66H,1-7H3. The summed E-state index contributed by atoms with van der Waals surface area (Å²) in [6.45, 7) is 15.1. The molecule has 0 amide bonds. The number of benzene rings is 8. The molecule has 0 fully saturated rings. The molecule has 66 heavy (non-hydrogen) atoms. The fraction of sp³-hybridized carbons (Fsp3) is 0.129. The number of aryl methyl sites for hydroxylation is 4. The van der Waals surface area contributed by atoms with Crippen LogP contribution in [0.3, 0.4) is 0 Å². The summed E-state index contributed by atoms with van der Waals surface area (Å²) in [7, 11) is 0. The molecule has 0 aliphatic heterocycles. The third-order valence-electron chi connectivity index (χ3n) is 12.9. The highest BCUT2D eigenvalue weighted by Crippen LogP contribution is 2.44. The molecule has 0 bridgehead atoms. The molecule has 0 aliphatic rings. The maximum Gasteiger partial charge on any atom is 0.149 e. The Morgan fingerprint density at radius 2 is 1.08 bits per heavy atom. The molecule has 322 valence electrons. The average Bonchev–Trinajstić information content (AvgIpc) is 3.72. The maximum absolute atomic E-state index is 12.0. The van der Waals surface area contributed by atoms with E-state index in [9.17, 15) is 5.11 Å². The van der Waals surface area contributed by atoms with Crippen LogP contribution in [0.15, 0.2) is 188 Å². The Labute approximate surface area is 388 Å². The molecule has 4 nitrogen and oxygen atoms in total. The number of hydrogen-bond acceptors (Lipinski definition) is 3. The summed E-state index contributed by atoms with van der Waals surface area (Å²) in [5.41, 5.74) is 21.8. The lowest BCUT2D eigenvalue weighted by Gasteiger charge is -2.21. The highest BCUT2D eigenvalue weighted by atomic mass is 16.3. The van der Waals surface area contributed by atoms with Crippen molar-refractivity contribution in [1.29, 1.82) is 0 Å². The highest BCUT2D eigenvalue weighted by Gasteiger charge is 2.25. The van der Waals surface area contributed by atoms with E-state index in [1.54, 1.807) is 0 Å². The quantitative estimate of drug-likeness (QED) is 0.166. The second kappa shape index (κ2) is 17.0. The SMILES string of the molecule is Cc1ccc(-c2ccnc(-c3cc(-c4ccccc4)cc(-c4cccc5c4nc(-c4cc(C)cc(C)c4O)n5-c4cc(C)c(-c5ccccc5)cc4-c4ccc(C(C)(C)C)cc4)c3)c2)cc1. The lowest BCUT2D eigenvalue weighted by molar-refractivity contribution is 0.472. The molecule has 0 saturated carbocycles. The van der Waals surface area contributed by atoms with Gasteiger partial charge in [-0.3, -0.25) is 9.55 Å². The zero-order valence-electron chi connectivity index (χ0n) is 38.7. The van der Waals surface area contributed by atoms with E-state index in [1.165, 1.54) is 16.7 Å². The van der Waals surface area contributed by atoms with Crippen LogP contribution < -0.4 is 0 Å². The third-order valence-corrected chi connectivity index (χ3v) is 12.9. The number of phenols is 1. The van der Waals surface area contributed by atoms with Crippen LogP contribution in [0.2, 0.25) is 0 Å². The minimum Gasteiger partial charge on any atom is -0.507 e. The summed E-state index contributed by atoms with van der Waals surface area (Å²) in [6.07, 6.45) is 1.91. The third kappa shape index (κ3) is 8.01. The normalized spacial score (nSPS) is 11.6. The van der Waals surface area contributed by atoms with Gasteiger partial charge in [-0.05, 0) is 154 Å². The largest absolute Gasteiger partial charge is 0.507 e. The van der Waals surface area contributed by atoms with Crippen LogP contribution in [0.1, 0.15) is 48.6 Å². The van der Waals surface area contributed by atoms with Gasteiger partial charge < -0.3 is 5.11 Å². The second-order valence-corrected chi connectivity index (χ2v) is 18.8. The Morgan fingerprint density at radius 1 is 0.439 bits per heavy atom. The van der Waals surface area contributed by atoms with Crippen LogP contribution in [-0.2, 0) is 5.41 Å². The summed E-state index contributed by atoms with van der Waals surface area (Å²) in [6, 6.07) is 65.0. The number of hydrogen-bond donors (Lipinski definition) is 1. The Hall–Kier alpha value is -7.82. The fourth-order valence-electron chi connectivity index (χ4n) is 9.32. The number of nitrogens with zero attached hydrogens (tertiary/aromatic N) is 3. The maximum atomic E-state index is 12.0. The van der Waals surface area contributed by atoms with Crippen molar-refractivity contribution in [1.82, 2.24) is 14.5 Å². The molecule has 0 aliphatic carbocycles. The van der Waals surface area contributed by atoms with Gasteiger partial charge in [0.2, 0.25) is 0 Å². The Kier molecular flexibility index (Phi) is 10.8. The van der Waals surface area contributed by atoms with Crippen molar-refractivity contribution in [2.24, 2.45) is 0 Å². The van der Waals surface area contributed by atoms with Crippen molar-refractivity contribution < 1.29 is 5.11 Å². The molecule has 8 aromatic carbocycles. The summed E-state index contributed by atoms with van der Waals surface area (Å²) in [5.74, 6) is 0.897. The molecule has 0 atom stereocenters. The molecule has 10 aromatic rings. The predicted molar refractivity (Wildman–Crippen MR) is 276 cm³/mol. The first-order valence-electron chi connectivity index (χ1n) is 22.8. The molecule has 2 heterocycles. The first kappa shape index (κ1) is 42.1. The van der Waals surface area contributed by atoms with E-state index in [-0.39, 0.29) is 11.2 Å². The van der Waals surface area contributed by atoms with Crippen molar-refractivity contribution in [2.45, 2.75) is 53.9 Å². The van der Waals surface area contributed by atoms with Crippen molar-refractivity contribution in [2.75, 3.05) is 0 Å². The molecular weight excluding hydrogens is 803 g/mol. The van der Waals surface area contributed by atoms with Crippen molar-refractivity contribution in [3.05, 3.63) is 216 Å². The molecule has 0 saturated heterocycles. The highest BCUT2D eigenvalue weighted by molar-refractivity contribution is 5.99. The molecule has 0 spiro atoms. The molecule has 0 radical (unpaired) electrons. The van der Waals surface area contributed by atoms with Crippen LogP contribution in [0, 0.1) is 27.7 Å². The predicted octanol–water partition coefficient (Wildman–Crippen LogP) is 16.3. The van der Waals surface area contributed by atoms with Crippen molar-refractivity contribution in [3.8, 4) is 89.7 Å². The van der Waals surface area contributed by atoms with Crippen LogP contribution in [0.5, 0.6) is 5.75 Å². The van der Waals surface area contributed by atoms with Gasteiger partial charge in [-0.2, -0.15) is 0 Å². The minimum absolute atomic E-state index is 0.00610. The van der Waals surface area contributed by atoms with Gasteiger partial charge in [-0.25, -0.2) is 4.98 Å². The van der Waals surface area contributed by atoms with Gasteiger partial charge in [0.15, 0.2) is 0 Å². The van der Waals surface area contributed by atoms with Gasteiger partial charge in [-0.1, -0.05) is 154 Å². The van der Waals surface area contributed by atoms with E-state index in [0.717, 1.165) is 94.7 Å². The van der Waals surface area contributed by atoms with Gasteiger partial charge in [0.25, 0.3) is 0 Å². The lowest BCUT2D eigenvalue weighted by Crippen LogP contribution is -2.10. The van der Waals surface area contributed by atoms with E-state index in [1.807, 2.05) is 19.2 Å². The molecule has 0 unspecified atom stereocenters. The van der Waals surface area contributed by atoms with Gasteiger partial charge >= 0.3 is 0 Å². The fourth-order valence-corrected chi connectivity index (χ4v) is 9.32. The monoisotopic (exact) mass is 855 g/mol. The van der Waals surface area contributed by atoms with E-state index in [0.29, 0.717) is 11.4 Å². The first-order chi connectivity index (χ1) is 31.9. The molecule has 1 N–H and O–H groups in total. The van der Waals surface area contributed by atoms with Crippen LogP contribution in [0.4, 0.5) is 0 Å². The molecule has 2 aromatic heterocycles. The molecular formula is C62H53N3O. The van der Waals surface area contributed by atoms with E-state index in [2.05, 4.69) is 222 Å². The van der Waals surface area contributed by atoms with Gasteiger partial charge in [0.05, 0.1) is 28.0 Å². The van der Waals surface area contributed by atoms with E-state index < -0.39 is 0 Å². The smallest absolute Gasteiger partial charge is 0.149 e. The number of phenolic OH excluding ortho intramolecular Hbond substituents is 1. The average molecular weight is 856 g/mol. The number of pyridine rings is 1. The number of para-hydroxylation sites is 1. The Morgan fingerprint density at radius 3 is 1.79 bits per heavy atom. The van der Waals surface area contributed by atoms with E-state index >= 15 is 0 Å². The first-order valence-corrected chi connectivity index (χ1v) is 22.8. The van der Waals surface area contributed by atoms with E-state index in [4.69, 9.17) is 9.97 Å². The summed E-state index contributed by atoms with van der Waals surface area (Å²) in [4.78, 5) is 10.6. The van der Waals surface area contributed by atoms with Gasteiger partial charge in [0, 0.05) is 22.9 Å². The van der Waals surface area contributed by atoms with Crippen LogP contribution in [-0.4, -0.2) is 19.6 Å². The zero-order valence-corrected chi connectivity index (χ0v) is 38.7. The van der Waals surface area contributed by atoms with Crippen molar-refractivity contribution in [3.63, 3.8) is 0 Å². The topological polar surface area (TPSA) is 50.9 Å². The van der Waals surface area contributed by atoms with Crippen LogP contribution >= 0.6 is 0 Å². The summed E-state index contributed by atoms with van der Waals surface area (Å²) >= 11 is 0. The van der Waals surface area contributed by atoms with Crippen LogP contribution in [0.25, 0.3) is 95.0 Å². The summed E-state index contributed by atoms with van der Waals surface area (Å²) in [5, 5.41) is 12.0. The number of rotatable bonds is 8.